The van der Waals surface area contributed by atoms with Gasteiger partial charge in [0.15, 0.2) is 0 Å². The average molecular weight is 611 g/mol. The molecule has 0 spiro atoms. The average Bonchev–Trinajstić information content (AvgIpc) is 2.94. The molecule has 12 heteroatoms. The molecule has 0 bridgehead atoms. The molecule has 0 radical (unpaired) electrons. The highest BCUT2D eigenvalue weighted by molar-refractivity contribution is 7.92. The van der Waals surface area contributed by atoms with Crippen molar-refractivity contribution in [2.75, 3.05) is 44.3 Å². The summed E-state index contributed by atoms with van der Waals surface area (Å²) in [7, 11) is -1.80. The molecule has 1 saturated carbocycles. The molecule has 4 atom stereocenters. The Morgan fingerprint density at radius 1 is 1.14 bits per heavy atom. The van der Waals surface area contributed by atoms with Gasteiger partial charge in [0.25, 0.3) is 5.91 Å². The number of aliphatic hydroxyl groups is 1. The molecule has 0 saturated heterocycles. The van der Waals surface area contributed by atoms with Crippen molar-refractivity contribution < 1.29 is 32.6 Å². The molecule has 3 rings (SSSR count). The van der Waals surface area contributed by atoms with Crippen LogP contribution in [-0.4, -0.2) is 99.2 Å². The fourth-order valence-electron chi connectivity index (χ4n) is 5.55. The summed E-state index contributed by atoms with van der Waals surface area (Å²) >= 11 is 0. The molecule has 0 aromatic heterocycles. The lowest BCUT2D eigenvalue weighted by Crippen LogP contribution is -2.50. The van der Waals surface area contributed by atoms with Crippen LogP contribution in [0.25, 0.3) is 0 Å². The van der Waals surface area contributed by atoms with Crippen LogP contribution in [0.1, 0.15) is 82.5 Å². The van der Waals surface area contributed by atoms with Gasteiger partial charge in [0, 0.05) is 44.4 Å². The Balaban J connectivity index is 1.88. The predicted octanol–water partition coefficient (Wildman–Crippen LogP) is 3.83. The lowest BCUT2D eigenvalue weighted by atomic mass is 9.96. The van der Waals surface area contributed by atoms with Crippen molar-refractivity contribution in [2.24, 2.45) is 5.92 Å². The van der Waals surface area contributed by atoms with Crippen LogP contribution in [-0.2, 0) is 14.8 Å². The summed E-state index contributed by atoms with van der Waals surface area (Å²) in [6.07, 6.45) is 8.38. The molecule has 1 aliphatic heterocycles. The summed E-state index contributed by atoms with van der Waals surface area (Å²) in [5.41, 5.74) is 0.458. The summed E-state index contributed by atoms with van der Waals surface area (Å²) in [6.45, 7) is 6.53. The molecule has 2 aliphatic rings. The minimum atomic E-state index is -3.57. The fraction of sp³-hybridized carbons (Fsp3) is 0.733. The van der Waals surface area contributed by atoms with Crippen LogP contribution in [0, 0.1) is 5.92 Å². The first kappa shape index (κ1) is 33.9. The van der Waals surface area contributed by atoms with E-state index in [0.29, 0.717) is 18.9 Å². The first-order chi connectivity index (χ1) is 19.9. The maximum atomic E-state index is 14.1. The van der Waals surface area contributed by atoms with Crippen LogP contribution in [0.4, 0.5) is 10.5 Å². The van der Waals surface area contributed by atoms with Gasteiger partial charge < -0.3 is 29.7 Å². The topological polar surface area (TPSA) is 138 Å². The van der Waals surface area contributed by atoms with Gasteiger partial charge >= 0.3 is 6.03 Å². The second kappa shape index (κ2) is 15.8. The number of fused-ring (bicyclic) bond motifs is 1. The second-order valence-electron chi connectivity index (χ2n) is 12.0. The van der Waals surface area contributed by atoms with E-state index in [-0.39, 0.29) is 60.5 Å². The van der Waals surface area contributed by atoms with Crippen molar-refractivity contribution in [2.45, 2.75) is 96.4 Å². The molecule has 1 aromatic rings. The quantitative estimate of drug-likeness (QED) is 0.427. The van der Waals surface area contributed by atoms with E-state index < -0.39 is 16.1 Å². The second-order valence-corrected chi connectivity index (χ2v) is 13.8. The van der Waals surface area contributed by atoms with E-state index in [0.717, 1.165) is 51.2 Å². The molecule has 1 aromatic carbocycles. The van der Waals surface area contributed by atoms with Gasteiger partial charge in [-0.1, -0.05) is 26.2 Å². The zero-order valence-corrected chi connectivity index (χ0v) is 26.6. The number of anilines is 1. The van der Waals surface area contributed by atoms with Crippen molar-refractivity contribution in [1.29, 1.82) is 0 Å². The Labute approximate surface area is 251 Å². The molecule has 42 heavy (non-hydrogen) atoms. The summed E-state index contributed by atoms with van der Waals surface area (Å²) in [5, 5.41) is 13.2. The molecule has 1 aliphatic carbocycles. The number of nitrogens with zero attached hydrogens (tertiary/aromatic N) is 2. The van der Waals surface area contributed by atoms with E-state index in [1.54, 1.807) is 35.9 Å². The van der Waals surface area contributed by atoms with Crippen molar-refractivity contribution >= 4 is 27.6 Å². The third-order valence-corrected chi connectivity index (χ3v) is 8.69. The molecule has 0 unspecified atom stereocenters. The number of carbonyl (C=O) groups excluding carboxylic acids is 2. The lowest BCUT2D eigenvalue weighted by Gasteiger charge is -2.36. The Morgan fingerprint density at radius 3 is 2.50 bits per heavy atom. The number of benzene rings is 1. The largest absolute Gasteiger partial charge is 0.490 e. The number of amides is 3. The first-order valence-corrected chi connectivity index (χ1v) is 17.1. The summed E-state index contributed by atoms with van der Waals surface area (Å²) in [6, 6.07) is 4.21. The third-order valence-electron chi connectivity index (χ3n) is 8.09. The number of hydrogen-bond acceptors (Lipinski definition) is 7. The SMILES string of the molecule is C[C@H](CO)N1C[C@H](C)[C@@H](CN(C)C(=O)NC2CCCCC2)OCCCC[C@H](C)Oc2ccc(NS(C)(=O)=O)cc2C1=O. The zero-order valence-electron chi connectivity index (χ0n) is 25.8. The van der Waals surface area contributed by atoms with Gasteiger partial charge in [-0.15, -0.1) is 0 Å². The number of hydrogen-bond donors (Lipinski definition) is 3. The van der Waals surface area contributed by atoms with Crippen molar-refractivity contribution in [3.05, 3.63) is 23.8 Å². The number of nitrogens with one attached hydrogen (secondary N) is 2. The Hall–Kier alpha value is -2.57. The molecule has 11 nitrogen and oxygen atoms in total. The Morgan fingerprint density at radius 2 is 1.83 bits per heavy atom. The van der Waals surface area contributed by atoms with E-state index in [2.05, 4.69) is 10.0 Å². The zero-order chi connectivity index (χ0) is 30.9. The maximum Gasteiger partial charge on any atom is 0.317 e. The predicted molar refractivity (Wildman–Crippen MR) is 163 cm³/mol. The van der Waals surface area contributed by atoms with Crippen molar-refractivity contribution in [3.8, 4) is 5.75 Å². The van der Waals surface area contributed by atoms with E-state index in [9.17, 15) is 23.1 Å². The monoisotopic (exact) mass is 610 g/mol. The van der Waals surface area contributed by atoms with Crippen LogP contribution in [0.2, 0.25) is 0 Å². The van der Waals surface area contributed by atoms with Crippen LogP contribution < -0.4 is 14.8 Å². The summed E-state index contributed by atoms with van der Waals surface area (Å²) in [4.78, 5) is 30.3. The van der Waals surface area contributed by atoms with Gasteiger partial charge in [-0.2, -0.15) is 0 Å². The Kier molecular flexibility index (Phi) is 12.7. The third kappa shape index (κ3) is 10.3. The number of sulfonamides is 1. The minimum Gasteiger partial charge on any atom is -0.490 e. The molecular formula is C30H50N4O7S. The van der Waals surface area contributed by atoms with Gasteiger partial charge in [-0.05, 0) is 64.2 Å². The molecule has 3 N–H and O–H groups in total. The number of carbonyl (C=O) groups is 2. The maximum absolute atomic E-state index is 14.1. The summed E-state index contributed by atoms with van der Waals surface area (Å²) < 4.78 is 38.8. The minimum absolute atomic E-state index is 0.125. The lowest BCUT2D eigenvalue weighted by molar-refractivity contribution is -0.0123. The first-order valence-electron chi connectivity index (χ1n) is 15.2. The standard InChI is InChI=1S/C30H50N4O7S/c1-21-18-34(22(2)20-35)29(36)26-17-25(32-42(5,38)39)14-15-27(26)41-23(3)11-9-10-16-40-28(21)19-33(4)30(37)31-24-12-7-6-8-13-24/h14-15,17,21-24,28,32,35H,6-13,16,18-20H2,1-5H3,(H,31,37)/t21-,22+,23-,28+/m0/s1. The molecule has 238 valence electrons. The highest BCUT2D eigenvalue weighted by Crippen LogP contribution is 2.29. The number of likely N-dealkylation sites (N-methyl/N-ethyl adjacent to an activating group) is 1. The fourth-order valence-corrected chi connectivity index (χ4v) is 6.10. The Bertz CT molecular complexity index is 1140. The van der Waals surface area contributed by atoms with Crippen molar-refractivity contribution in [1.82, 2.24) is 15.1 Å². The van der Waals surface area contributed by atoms with Crippen molar-refractivity contribution in [3.63, 3.8) is 0 Å². The molecule has 1 fully saturated rings. The number of aliphatic hydroxyl groups excluding tert-OH is 1. The summed E-state index contributed by atoms with van der Waals surface area (Å²) in [5.74, 6) is -0.211. The molecule has 3 amide bonds. The van der Waals surface area contributed by atoms with Gasteiger partial charge in [0.2, 0.25) is 10.0 Å². The van der Waals surface area contributed by atoms with E-state index in [1.807, 2.05) is 13.8 Å². The van der Waals surface area contributed by atoms with E-state index in [4.69, 9.17) is 9.47 Å². The number of rotatable bonds is 7. The van der Waals surface area contributed by atoms with E-state index in [1.165, 1.54) is 12.5 Å². The molecular weight excluding hydrogens is 560 g/mol. The number of ether oxygens (including phenoxy) is 2. The van der Waals surface area contributed by atoms with Crippen LogP contribution in [0.15, 0.2) is 18.2 Å². The highest BCUT2D eigenvalue weighted by atomic mass is 32.2. The van der Waals surface area contributed by atoms with Crippen LogP contribution >= 0.6 is 0 Å². The van der Waals surface area contributed by atoms with Gasteiger partial charge in [-0.3, -0.25) is 9.52 Å². The normalized spacial score (nSPS) is 24.1. The van der Waals surface area contributed by atoms with Crippen LogP contribution in [0.5, 0.6) is 5.75 Å². The van der Waals surface area contributed by atoms with Crippen LogP contribution in [0.3, 0.4) is 0 Å². The number of urea groups is 1. The molecule has 1 heterocycles. The van der Waals surface area contributed by atoms with Gasteiger partial charge in [0.1, 0.15) is 5.75 Å². The highest BCUT2D eigenvalue weighted by Gasteiger charge is 2.31. The van der Waals surface area contributed by atoms with Gasteiger partial charge in [-0.25, -0.2) is 13.2 Å². The van der Waals surface area contributed by atoms with Gasteiger partial charge in [0.05, 0.1) is 36.7 Å². The van der Waals surface area contributed by atoms with E-state index >= 15 is 0 Å². The smallest absolute Gasteiger partial charge is 0.317 e.